The molecule has 4 aliphatic rings. The largest absolute Gasteiger partial charge is 0.477 e. The topological polar surface area (TPSA) is 55.1 Å². The lowest BCUT2D eigenvalue weighted by atomic mass is 9.54. The summed E-state index contributed by atoms with van der Waals surface area (Å²) in [4.78, 5) is 16.1. The highest BCUT2D eigenvalue weighted by atomic mass is 16.4. The highest BCUT2D eigenvalue weighted by Gasteiger charge is 2.50. The third-order valence-corrected chi connectivity index (χ3v) is 5.94. The number of aromatic carboxylic acids is 1. The molecule has 0 spiro atoms. The Balaban J connectivity index is 1.80. The molecule has 108 valence electrons. The van der Waals surface area contributed by atoms with Crippen molar-refractivity contribution in [3.05, 3.63) is 17.2 Å². The van der Waals surface area contributed by atoms with Crippen molar-refractivity contribution >= 4 is 5.97 Å². The summed E-state index contributed by atoms with van der Waals surface area (Å²) in [5, 5.41) is 9.55. The van der Waals surface area contributed by atoms with Gasteiger partial charge in [0.2, 0.25) is 0 Å². The predicted molar refractivity (Wildman–Crippen MR) is 74.7 cm³/mol. The normalized spacial score (nSPS) is 38.4. The molecule has 4 aliphatic carbocycles. The fourth-order valence-electron chi connectivity index (χ4n) is 5.63. The van der Waals surface area contributed by atoms with E-state index in [0.29, 0.717) is 29.3 Å². The summed E-state index contributed by atoms with van der Waals surface area (Å²) < 4.78 is 2.07. The summed E-state index contributed by atoms with van der Waals surface area (Å²) in [6, 6.07) is 0.384. The average molecular weight is 274 g/mol. The van der Waals surface area contributed by atoms with Crippen LogP contribution in [0.2, 0.25) is 0 Å². The van der Waals surface area contributed by atoms with Gasteiger partial charge in [-0.2, -0.15) is 0 Å². The predicted octanol–water partition coefficient (Wildman–Crippen LogP) is 3.20. The van der Waals surface area contributed by atoms with Crippen LogP contribution in [0.5, 0.6) is 0 Å². The van der Waals surface area contributed by atoms with Crippen LogP contribution in [-0.2, 0) is 0 Å². The Kier molecular flexibility index (Phi) is 2.54. The maximum Gasteiger partial charge on any atom is 0.354 e. The second-order valence-electron chi connectivity index (χ2n) is 7.19. The first kappa shape index (κ1) is 12.4. The molecule has 1 aromatic rings. The summed E-state index contributed by atoms with van der Waals surface area (Å²) in [6.45, 7) is 3.79. The molecule has 0 amide bonds. The van der Waals surface area contributed by atoms with Crippen LogP contribution in [0.1, 0.15) is 60.2 Å². The Morgan fingerprint density at radius 2 is 1.65 bits per heavy atom. The molecule has 4 bridgehead atoms. The van der Waals surface area contributed by atoms with Crippen LogP contribution >= 0.6 is 0 Å². The molecular formula is C16H22N2O2. The summed E-state index contributed by atoms with van der Waals surface area (Å²) in [6.07, 6.45) is 6.62. The maximum absolute atomic E-state index is 11.6. The minimum Gasteiger partial charge on any atom is -0.477 e. The molecule has 0 saturated heterocycles. The van der Waals surface area contributed by atoms with E-state index in [9.17, 15) is 9.90 Å². The Morgan fingerprint density at radius 3 is 2.15 bits per heavy atom. The fraction of sp³-hybridized carbons (Fsp3) is 0.750. The second kappa shape index (κ2) is 4.09. The fourth-order valence-corrected chi connectivity index (χ4v) is 5.63. The Labute approximate surface area is 119 Å². The van der Waals surface area contributed by atoms with Crippen molar-refractivity contribution in [1.29, 1.82) is 0 Å². The summed E-state index contributed by atoms with van der Waals surface area (Å²) in [5.74, 6) is 3.24. The Morgan fingerprint density at radius 1 is 1.10 bits per heavy atom. The summed E-state index contributed by atoms with van der Waals surface area (Å²) >= 11 is 0. The first-order chi connectivity index (χ1) is 9.54. The van der Waals surface area contributed by atoms with Crippen molar-refractivity contribution < 1.29 is 9.90 Å². The summed E-state index contributed by atoms with van der Waals surface area (Å²) in [5.41, 5.74) is 1.10. The molecule has 1 heterocycles. The SMILES string of the molecule is Cc1nc(C)n(C2C3CC4CC(C3)CC2C4)c1C(=O)O. The molecule has 0 unspecified atom stereocenters. The molecule has 20 heavy (non-hydrogen) atoms. The lowest BCUT2D eigenvalue weighted by Gasteiger charge is -2.55. The second-order valence-corrected chi connectivity index (χ2v) is 7.19. The van der Waals surface area contributed by atoms with Crippen molar-refractivity contribution in [2.45, 2.75) is 52.0 Å². The van der Waals surface area contributed by atoms with E-state index < -0.39 is 5.97 Å². The van der Waals surface area contributed by atoms with E-state index >= 15 is 0 Å². The molecular weight excluding hydrogens is 252 g/mol. The van der Waals surface area contributed by atoms with E-state index in [2.05, 4.69) is 9.55 Å². The molecule has 4 saturated carbocycles. The highest BCUT2D eigenvalue weighted by Crippen LogP contribution is 2.58. The van der Waals surface area contributed by atoms with E-state index in [-0.39, 0.29) is 0 Å². The molecule has 1 aromatic heterocycles. The van der Waals surface area contributed by atoms with Gasteiger partial charge in [0, 0.05) is 6.04 Å². The zero-order chi connectivity index (χ0) is 14.0. The third-order valence-electron chi connectivity index (χ3n) is 5.94. The molecule has 4 nitrogen and oxygen atoms in total. The molecule has 5 rings (SSSR count). The van der Waals surface area contributed by atoms with E-state index in [1.807, 2.05) is 13.8 Å². The van der Waals surface area contributed by atoms with Crippen LogP contribution in [0.15, 0.2) is 0 Å². The van der Waals surface area contributed by atoms with Crippen LogP contribution in [-0.4, -0.2) is 20.6 Å². The van der Waals surface area contributed by atoms with Crippen LogP contribution in [0.3, 0.4) is 0 Å². The van der Waals surface area contributed by atoms with Gasteiger partial charge in [0.05, 0.1) is 5.69 Å². The molecule has 0 radical (unpaired) electrons. The number of aryl methyl sites for hydroxylation is 2. The molecule has 0 atom stereocenters. The number of nitrogens with zero attached hydrogens (tertiary/aromatic N) is 2. The standard InChI is InChI=1S/C16H22N2O2/c1-8-14(16(19)20)18(9(2)17-8)15-12-4-10-3-11(6-12)7-13(15)5-10/h10-13,15H,3-7H2,1-2H3,(H,19,20). The number of carboxylic acid groups (broad SMARTS) is 1. The lowest BCUT2D eigenvalue weighted by Crippen LogP contribution is -2.46. The molecule has 0 aliphatic heterocycles. The van der Waals surface area contributed by atoms with E-state index in [0.717, 1.165) is 17.7 Å². The number of rotatable bonds is 2. The smallest absolute Gasteiger partial charge is 0.354 e. The van der Waals surface area contributed by atoms with Crippen molar-refractivity contribution in [3.63, 3.8) is 0 Å². The minimum absolute atomic E-state index is 0.384. The van der Waals surface area contributed by atoms with Gasteiger partial charge < -0.3 is 9.67 Å². The highest BCUT2D eigenvalue weighted by molar-refractivity contribution is 5.87. The van der Waals surface area contributed by atoms with Crippen LogP contribution in [0.4, 0.5) is 0 Å². The van der Waals surface area contributed by atoms with Crippen molar-refractivity contribution in [2.24, 2.45) is 23.7 Å². The van der Waals surface area contributed by atoms with Gasteiger partial charge in [0.15, 0.2) is 5.69 Å². The maximum atomic E-state index is 11.6. The minimum atomic E-state index is -0.822. The van der Waals surface area contributed by atoms with Gasteiger partial charge >= 0.3 is 5.97 Å². The zero-order valence-corrected chi connectivity index (χ0v) is 12.2. The number of imidazole rings is 1. The quantitative estimate of drug-likeness (QED) is 0.901. The first-order valence-electron chi connectivity index (χ1n) is 7.83. The third kappa shape index (κ3) is 1.60. The van der Waals surface area contributed by atoms with Crippen molar-refractivity contribution in [2.75, 3.05) is 0 Å². The Hall–Kier alpha value is -1.32. The van der Waals surface area contributed by atoms with Gasteiger partial charge in [-0.25, -0.2) is 9.78 Å². The van der Waals surface area contributed by atoms with E-state index in [1.165, 1.54) is 32.1 Å². The number of carbonyl (C=O) groups is 1. The van der Waals surface area contributed by atoms with Crippen LogP contribution in [0, 0.1) is 37.5 Å². The molecule has 4 fully saturated rings. The van der Waals surface area contributed by atoms with Crippen LogP contribution < -0.4 is 0 Å². The van der Waals surface area contributed by atoms with E-state index in [1.54, 1.807) is 0 Å². The summed E-state index contributed by atoms with van der Waals surface area (Å²) in [7, 11) is 0. The number of hydrogen-bond acceptors (Lipinski definition) is 2. The van der Waals surface area contributed by atoms with Gasteiger partial charge in [-0.1, -0.05) is 0 Å². The van der Waals surface area contributed by atoms with Gasteiger partial charge in [0.25, 0.3) is 0 Å². The zero-order valence-electron chi connectivity index (χ0n) is 12.2. The van der Waals surface area contributed by atoms with Gasteiger partial charge in [-0.05, 0) is 69.6 Å². The number of carboxylic acids is 1. The van der Waals surface area contributed by atoms with Gasteiger partial charge in [-0.15, -0.1) is 0 Å². The molecule has 1 N–H and O–H groups in total. The lowest BCUT2D eigenvalue weighted by molar-refractivity contribution is -0.0308. The number of aromatic nitrogens is 2. The first-order valence-corrected chi connectivity index (χ1v) is 7.83. The van der Waals surface area contributed by atoms with E-state index in [4.69, 9.17) is 0 Å². The van der Waals surface area contributed by atoms with Gasteiger partial charge in [0.1, 0.15) is 5.82 Å². The molecule has 0 aromatic carbocycles. The van der Waals surface area contributed by atoms with Crippen molar-refractivity contribution in [1.82, 2.24) is 9.55 Å². The van der Waals surface area contributed by atoms with Crippen molar-refractivity contribution in [3.8, 4) is 0 Å². The number of hydrogen-bond donors (Lipinski definition) is 1. The van der Waals surface area contributed by atoms with Gasteiger partial charge in [-0.3, -0.25) is 0 Å². The molecule has 4 heteroatoms. The van der Waals surface area contributed by atoms with Crippen LogP contribution in [0.25, 0.3) is 0 Å². The Bertz CT molecular complexity index is 547. The monoisotopic (exact) mass is 274 g/mol. The average Bonchev–Trinajstić information content (AvgIpc) is 2.63.